The van der Waals surface area contributed by atoms with Gasteiger partial charge in [0, 0.05) is 51.7 Å². The minimum absolute atomic E-state index is 0.112. The first-order valence-electron chi connectivity index (χ1n) is 7.83. The van der Waals surface area contributed by atoms with Gasteiger partial charge in [-0.15, -0.1) is 11.3 Å². The van der Waals surface area contributed by atoms with Gasteiger partial charge in [-0.3, -0.25) is 19.5 Å². The predicted molar refractivity (Wildman–Crippen MR) is 91.0 cm³/mol. The molecule has 3 heterocycles. The quantitative estimate of drug-likeness (QED) is 0.864. The van der Waals surface area contributed by atoms with Crippen LogP contribution in [0.15, 0.2) is 36.1 Å². The van der Waals surface area contributed by atoms with Crippen LogP contribution in [-0.2, 0) is 0 Å². The lowest BCUT2D eigenvalue weighted by Crippen LogP contribution is -2.50. The van der Waals surface area contributed by atoms with Crippen LogP contribution in [0.3, 0.4) is 0 Å². The van der Waals surface area contributed by atoms with Crippen LogP contribution in [0.25, 0.3) is 0 Å². The molecule has 2 amide bonds. The Hall–Kier alpha value is -2.32. The Kier molecular flexibility index (Phi) is 5.50. The van der Waals surface area contributed by atoms with E-state index in [9.17, 15) is 9.59 Å². The van der Waals surface area contributed by atoms with E-state index < -0.39 is 0 Å². The van der Waals surface area contributed by atoms with Gasteiger partial charge in [-0.05, 0) is 11.4 Å². The highest BCUT2D eigenvalue weighted by Crippen LogP contribution is 2.13. The molecule has 7 nitrogen and oxygen atoms in total. The van der Waals surface area contributed by atoms with E-state index in [4.69, 9.17) is 0 Å². The number of amides is 2. The fourth-order valence-corrected chi connectivity index (χ4v) is 3.26. The van der Waals surface area contributed by atoms with Gasteiger partial charge in [0.25, 0.3) is 11.8 Å². The number of aromatic nitrogens is 2. The summed E-state index contributed by atoms with van der Waals surface area (Å²) in [6.07, 6.45) is 4.48. The van der Waals surface area contributed by atoms with E-state index in [2.05, 4.69) is 20.2 Å². The molecule has 0 bridgehead atoms. The molecule has 1 fully saturated rings. The van der Waals surface area contributed by atoms with E-state index in [1.54, 1.807) is 0 Å². The first-order chi connectivity index (χ1) is 11.7. The second kappa shape index (κ2) is 7.98. The Morgan fingerprint density at radius 1 is 1.21 bits per heavy atom. The molecule has 1 saturated heterocycles. The van der Waals surface area contributed by atoms with Crippen LogP contribution in [0.5, 0.6) is 0 Å². The van der Waals surface area contributed by atoms with Crippen LogP contribution in [0.4, 0.5) is 0 Å². The van der Waals surface area contributed by atoms with Gasteiger partial charge in [0.2, 0.25) is 0 Å². The number of carbonyl (C=O) groups excluding carboxylic acids is 2. The van der Waals surface area contributed by atoms with Gasteiger partial charge < -0.3 is 10.2 Å². The van der Waals surface area contributed by atoms with E-state index in [1.165, 1.54) is 29.9 Å². The molecule has 2 aromatic heterocycles. The van der Waals surface area contributed by atoms with E-state index in [1.807, 2.05) is 22.4 Å². The van der Waals surface area contributed by atoms with Crippen LogP contribution in [0, 0.1) is 0 Å². The highest BCUT2D eigenvalue weighted by atomic mass is 32.1. The fourth-order valence-electron chi connectivity index (χ4n) is 2.57. The van der Waals surface area contributed by atoms with Crippen LogP contribution < -0.4 is 5.32 Å². The number of hydrogen-bond donors (Lipinski definition) is 1. The zero-order valence-electron chi connectivity index (χ0n) is 13.2. The molecule has 1 N–H and O–H groups in total. The Morgan fingerprint density at radius 2 is 2.04 bits per heavy atom. The SMILES string of the molecule is O=C(NCCN1CCN(C(=O)c2cccs2)CC1)c1cnccn1. The summed E-state index contributed by atoms with van der Waals surface area (Å²) in [5.41, 5.74) is 0.323. The summed E-state index contributed by atoms with van der Waals surface area (Å²) in [4.78, 5) is 36.9. The molecule has 24 heavy (non-hydrogen) atoms. The maximum Gasteiger partial charge on any atom is 0.271 e. The molecule has 0 radical (unpaired) electrons. The van der Waals surface area contributed by atoms with Crippen molar-refractivity contribution in [3.63, 3.8) is 0 Å². The van der Waals surface area contributed by atoms with E-state index >= 15 is 0 Å². The Labute approximate surface area is 144 Å². The van der Waals surface area contributed by atoms with Crippen molar-refractivity contribution in [1.82, 2.24) is 25.1 Å². The van der Waals surface area contributed by atoms with Crippen molar-refractivity contribution in [2.45, 2.75) is 0 Å². The molecule has 0 unspecified atom stereocenters. The summed E-state index contributed by atoms with van der Waals surface area (Å²) in [7, 11) is 0. The maximum atomic E-state index is 12.3. The summed E-state index contributed by atoms with van der Waals surface area (Å²) < 4.78 is 0. The summed E-state index contributed by atoms with van der Waals surface area (Å²) in [6, 6.07) is 3.76. The third-order valence-corrected chi connectivity index (χ3v) is 4.76. The highest BCUT2D eigenvalue weighted by molar-refractivity contribution is 7.12. The van der Waals surface area contributed by atoms with Crippen molar-refractivity contribution in [3.05, 3.63) is 46.7 Å². The van der Waals surface area contributed by atoms with Crippen molar-refractivity contribution in [3.8, 4) is 0 Å². The third-order valence-electron chi connectivity index (χ3n) is 3.90. The normalized spacial score (nSPS) is 15.2. The van der Waals surface area contributed by atoms with Gasteiger partial charge in [-0.25, -0.2) is 4.98 Å². The van der Waals surface area contributed by atoms with Crippen molar-refractivity contribution in [1.29, 1.82) is 0 Å². The van der Waals surface area contributed by atoms with Gasteiger partial charge in [0.15, 0.2) is 0 Å². The van der Waals surface area contributed by atoms with Crippen LogP contribution in [0.2, 0.25) is 0 Å². The highest BCUT2D eigenvalue weighted by Gasteiger charge is 2.22. The summed E-state index contributed by atoms with van der Waals surface area (Å²) in [5, 5.41) is 4.76. The van der Waals surface area contributed by atoms with Crippen molar-refractivity contribution in [2.24, 2.45) is 0 Å². The molecular formula is C16H19N5O2S. The Balaban J connectivity index is 1.38. The second-order valence-corrected chi connectivity index (χ2v) is 6.41. The lowest BCUT2D eigenvalue weighted by Gasteiger charge is -2.34. The number of hydrogen-bond acceptors (Lipinski definition) is 6. The summed E-state index contributed by atoms with van der Waals surface area (Å²) in [6.45, 7) is 4.38. The number of nitrogens with one attached hydrogen (secondary N) is 1. The van der Waals surface area contributed by atoms with E-state index in [-0.39, 0.29) is 11.8 Å². The average Bonchev–Trinajstić information content (AvgIpc) is 3.17. The molecule has 1 aliphatic heterocycles. The molecule has 0 aliphatic carbocycles. The van der Waals surface area contributed by atoms with Crippen LogP contribution in [-0.4, -0.2) is 70.9 Å². The van der Waals surface area contributed by atoms with Crippen molar-refractivity contribution >= 4 is 23.2 Å². The largest absolute Gasteiger partial charge is 0.349 e. The number of thiophene rings is 1. The molecule has 0 saturated carbocycles. The van der Waals surface area contributed by atoms with Gasteiger partial charge >= 0.3 is 0 Å². The maximum absolute atomic E-state index is 12.3. The number of carbonyl (C=O) groups is 2. The standard InChI is InChI=1S/C16H19N5O2S/c22-15(13-12-17-3-4-18-13)19-5-6-20-7-9-21(10-8-20)16(23)14-2-1-11-24-14/h1-4,11-12H,5-10H2,(H,19,22). The molecule has 0 aromatic carbocycles. The lowest BCUT2D eigenvalue weighted by atomic mass is 10.3. The first kappa shape index (κ1) is 16.5. The fraction of sp³-hybridized carbons (Fsp3) is 0.375. The number of rotatable bonds is 5. The molecule has 2 aromatic rings. The molecule has 0 spiro atoms. The van der Waals surface area contributed by atoms with Gasteiger partial charge in [-0.1, -0.05) is 6.07 Å². The average molecular weight is 345 g/mol. The molecule has 8 heteroatoms. The zero-order valence-corrected chi connectivity index (χ0v) is 14.0. The number of piperazine rings is 1. The van der Waals surface area contributed by atoms with Crippen LogP contribution in [0.1, 0.15) is 20.2 Å². The Bertz CT molecular complexity index is 669. The molecule has 1 aliphatic rings. The second-order valence-electron chi connectivity index (χ2n) is 5.46. The lowest BCUT2D eigenvalue weighted by molar-refractivity contribution is 0.0642. The summed E-state index contributed by atoms with van der Waals surface area (Å²) >= 11 is 1.48. The molecular weight excluding hydrogens is 326 g/mol. The smallest absolute Gasteiger partial charge is 0.271 e. The predicted octanol–water partition coefficient (Wildman–Crippen LogP) is 0.726. The first-order valence-corrected chi connectivity index (χ1v) is 8.71. The van der Waals surface area contributed by atoms with Crippen LogP contribution >= 0.6 is 11.3 Å². The number of nitrogens with zero attached hydrogens (tertiary/aromatic N) is 4. The third kappa shape index (κ3) is 4.15. The minimum Gasteiger partial charge on any atom is -0.349 e. The van der Waals surface area contributed by atoms with Gasteiger partial charge in [0.1, 0.15) is 5.69 Å². The molecule has 126 valence electrons. The van der Waals surface area contributed by atoms with Gasteiger partial charge in [-0.2, -0.15) is 0 Å². The molecule has 3 rings (SSSR count). The monoisotopic (exact) mass is 345 g/mol. The van der Waals surface area contributed by atoms with Gasteiger partial charge in [0.05, 0.1) is 11.1 Å². The zero-order chi connectivity index (χ0) is 16.8. The summed E-state index contributed by atoms with van der Waals surface area (Å²) in [5.74, 6) is -0.102. The minimum atomic E-state index is -0.213. The molecule has 0 atom stereocenters. The van der Waals surface area contributed by atoms with E-state index in [0.29, 0.717) is 12.2 Å². The van der Waals surface area contributed by atoms with Crippen molar-refractivity contribution in [2.75, 3.05) is 39.3 Å². The van der Waals surface area contributed by atoms with Crippen molar-refractivity contribution < 1.29 is 9.59 Å². The van der Waals surface area contributed by atoms with E-state index in [0.717, 1.165) is 37.6 Å². The topological polar surface area (TPSA) is 78.4 Å². The Morgan fingerprint density at radius 3 is 2.71 bits per heavy atom.